The Kier molecular flexibility index (Phi) is 8.02. The fourth-order valence-electron chi connectivity index (χ4n) is 2.70. The van der Waals surface area contributed by atoms with Crippen LogP contribution in [0.3, 0.4) is 0 Å². The molecule has 2 rings (SSSR count). The number of benzene rings is 2. The summed E-state index contributed by atoms with van der Waals surface area (Å²) < 4.78 is 4.86. The summed E-state index contributed by atoms with van der Waals surface area (Å²) in [7, 11) is 0. The number of alkyl carbamates (subject to hydrolysis) is 1. The van der Waals surface area contributed by atoms with E-state index in [9.17, 15) is 19.5 Å². The molecule has 0 saturated heterocycles. The molecule has 0 unspecified atom stereocenters. The number of ether oxygens (including phenoxy) is 1. The Morgan fingerprint density at radius 2 is 1.36 bits per heavy atom. The third-order valence-corrected chi connectivity index (χ3v) is 4.06. The van der Waals surface area contributed by atoms with Crippen molar-refractivity contribution in [3.63, 3.8) is 0 Å². The maximum Gasteiger partial charge on any atom is 0.407 e. The maximum absolute atomic E-state index is 12.7. The van der Waals surface area contributed by atoms with Crippen molar-refractivity contribution in [2.45, 2.75) is 31.8 Å². The average Bonchev–Trinajstić information content (AvgIpc) is 2.68. The summed E-state index contributed by atoms with van der Waals surface area (Å²) in [4.78, 5) is 36.2. The lowest BCUT2D eigenvalue weighted by Gasteiger charge is -2.21. The summed E-state index contributed by atoms with van der Waals surface area (Å²) in [6.07, 6.45) is -0.378. The van der Waals surface area contributed by atoms with Crippen molar-refractivity contribution in [3.8, 4) is 0 Å². The van der Waals surface area contributed by atoms with Crippen molar-refractivity contribution in [2.24, 2.45) is 0 Å². The highest BCUT2D eigenvalue weighted by atomic mass is 16.5. The molecular weight excluding hydrogens is 360 g/mol. The largest absolute Gasteiger partial charge is 0.480 e. The standard InChI is InChI=1S/C21H24N2O5/c1-2-28-21(27)23-17(13-15-9-5-3-6-10-15)19(24)22-18(20(25)26)14-16-11-7-4-8-12-16/h3-12,17-18H,2,13-14H2,1H3,(H,22,24)(H,23,27)(H,25,26)/t17-,18-/m0/s1. The quantitative estimate of drug-likeness (QED) is 0.614. The number of carbonyl (C=O) groups is 3. The summed E-state index contributed by atoms with van der Waals surface area (Å²) in [6.45, 7) is 1.82. The second-order valence-electron chi connectivity index (χ2n) is 6.20. The van der Waals surface area contributed by atoms with Crippen molar-refractivity contribution >= 4 is 18.0 Å². The van der Waals surface area contributed by atoms with Crippen molar-refractivity contribution in [3.05, 3.63) is 71.8 Å². The molecule has 0 heterocycles. The van der Waals surface area contributed by atoms with Crippen LogP contribution >= 0.6 is 0 Å². The van der Waals surface area contributed by atoms with E-state index >= 15 is 0 Å². The van der Waals surface area contributed by atoms with E-state index in [-0.39, 0.29) is 19.4 Å². The van der Waals surface area contributed by atoms with Gasteiger partial charge in [-0.25, -0.2) is 9.59 Å². The van der Waals surface area contributed by atoms with Crippen molar-refractivity contribution in [1.29, 1.82) is 0 Å². The van der Waals surface area contributed by atoms with E-state index in [1.807, 2.05) is 36.4 Å². The molecule has 2 aromatic rings. The van der Waals surface area contributed by atoms with Gasteiger partial charge in [0.1, 0.15) is 12.1 Å². The normalized spacial score (nSPS) is 12.5. The van der Waals surface area contributed by atoms with Crippen LogP contribution in [0.1, 0.15) is 18.1 Å². The SMILES string of the molecule is CCOC(=O)N[C@@H](Cc1ccccc1)C(=O)N[C@@H](Cc1ccccc1)C(=O)O. The third-order valence-electron chi connectivity index (χ3n) is 4.06. The van der Waals surface area contributed by atoms with Gasteiger partial charge in [0.05, 0.1) is 6.61 Å². The van der Waals surface area contributed by atoms with Crippen LogP contribution in [0.25, 0.3) is 0 Å². The lowest BCUT2D eigenvalue weighted by atomic mass is 10.0. The van der Waals surface area contributed by atoms with Gasteiger partial charge in [0.2, 0.25) is 5.91 Å². The Labute approximate surface area is 163 Å². The highest BCUT2D eigenvalue weighted by Gasteiger charge is 2.27. The number of hydrogen-bond donors (Lipinski definition) is 3. The summed E-state index contributed by atoms with van der Waals surface area (Å²) in [6, 6.07) is 16.1. The number of nitrogens with one attached hydrogen (secondary N) is 2. The molecule has 28 heavy (non-hydrogen) atoms. The molecule has 2 atom stereocenters. The molecule has 2 amide bonds. The van der Waals surface area contributed by atoms with Gasteiger partial charge in [0.25, 0.3) is 0 Å². The maximum atomic E-state index is 12.7. The molecule has 2 aromatic carbocycles. The monoisotopic (exact) mass is 384 g/mol. The second-order valence-corrected chi connectivity index (χ2v) is 6.20. The highest BCUT2D eigenvalue weighted by molar-refractivity contribution is 5.89. The van der Waals surface area contributed by atoms with E-state index in [1.165, 1.54) is 0 Å². The van der Waals surface area contributed by atoms with Crippen LogP contribution in [0, 0.1) is 0 Å². The molecule has 0 aromatic heterocycles. The third kappa shape index (κ3) is 6.75. The summed E-state index contributed by atoms with van der Waals surface area (Å²) in [5.74, 6) is -1.73. The smallest absolute Gasteiger partial charge is 0.407 e. The molecule has 0 bridgehead atoms. The molecule has 0 saturated carbocycles. The molecule has 0 spiro atoms. The van der Waals surface area contributed by atoms with E-state index in [2.05, 4.69) is 10.6 Å². The molecule has 0 aliphatic heterocycles. The first kappa shape index (κ1) is 21.0. The van der Waals surface area contributed by atoms with Gasteiger partial charge in [-0.1, -0.05) is 60.7 Å². The molecule has 148 valence electrons. The van der Waals surface area contributed by atoms with Crippen LogP contribution in [-0.4, -0.2) is 41.8 Å². The van der Waals surface area contributed by atoms with E-state index < -0.39 is 30.1 Å². The fraction of sp³-hybridized carbons (Fsp3) is 0.286. The summed E-state index contributed by atoms with van der Waals surface area (Å²) in [5, 5.41) is 14.5. The topological polar surface area (TPSA) is 105 Å². The molecule has 0 aliphatic rings. The Morgan fingerprint density at radius 1 is 0.857 bits per heavy atom. The van der Waals surface area contributed by atoms with Crippen LogP contribution in [0.15, 0.2) is 60.7 Å². The van der Waals surface area contributed by atoms with Crippen LogP contribution in [0.4, 0.5) is 4.79 Å². The summed E-state index contributed by atoms with van der Waals surface area (Å²) in [5.41, 5.74) is 1.61. The average molecular weight is 384 g/mol. The zero-order chi connectivity index (χ0) is 20.4. The zero-order valence-electron chi connectivity index (χ0n) is 15.6. The van der Waals surface area contributed by atoms with Gasteiger partial charge in [0.15, 0.2) is 0 Å². The van der Waals surface area contributed by atoms with Crippen molar-refractivity contribution in [2.75, 3.05) is 6.61 Å². The second kappa shape index (κ2) is 10.7. The van der Waals surface area contributed by atoms with Gasteiger partial charge < -0.3 is 20.5 Å². The lowest BCUT2D eigenvalue weighted by molar-refractivity contribution is -0.142. The van der Waals surface area contributed by atoms with Gasteiger partial charge >= 0.3 is 12.1 Å². The molecular formula is C21H24N2O5. The minimum Gasteiger partial charge on any atom is -0.480 e. The van der Waals surface area contributed by atoms with E-state index in [1.54, 1.807) is 31.2 Å². The molecule has 0 aliphatic carbocycles. The predicted octanol–water partition coefficient (Wildman–Crippen LogP) is 2.16. The number of amides is 2. The minimum atomic E-state index is -1.15. The van der Waals surface area contributed by atoms with Gasteiger partial charge in [-0.3, -0.25) is 4.79 Å². The highest BCUT2D eigenvalue weighted by Crippen LogP contribution is 2.07. The first-order chi connectivity index (χ1) is 13.5. The summed E-state index contributed by atoms with van der Waals surface area (Å²) >= 11 is 0. The van der Waals surface area contributed by atoms with Gasteiger partial charge in [-0.05, 0) is 18.1 Å². The molecule has 7 nitrogen and oxygen atoms in total. The van der Waals surface area contributed by atoms with Gasteiger partial charge in [0, 0.05) is 12.8 Å². The fourth-order valence-corrected chi connectivity index (χ4v) is 2.70. The minimum absolute atomic E-state index is 0.138. The van der Waals surface area contributed by atoms with Crippen LogP contribution in [0.2, 0.25) is 0 Å². The number of carboxylic acid groups (broad SMARTS) is 1. The van der Waals surface area contributed by atoms with Crippen molar-refractivity contribution in [1.82, 2.24) is 10.6 Å². The first-order valence-electron chi connectivity index (χ1n) is 9.04. The molecule has 7 heteroatoms. The Balaban J connectivity index is 2.11. The Bertz CT molecular complexity index is 780. The molecule has 0 radical (unpaired) electrons. The van der Waals surface area contributed by atoms with E-state index in [0.717, 1.165) is 11.1 Å². The Morgan fingerprint density at radius 3 is 1.82 bits per heavy atom. The van der Waals surface area contributed by atoms with Crippen LogP contribution < -0.4 is 10.6 Å². The number of aliphatic carboxylic acids is 1. The zero-order valence-corrected chi connectivity index (χ0v) is 15.6. The van der Waals surface area contributed by atoms with E-state index in [0.29, 0.717) is 0 Å². The number of carbonyl (C=O) groups excluding carboxylic acids is 2. The predicted molar refractivity (Wildman–Crippen MR) is 104 cm³/mol. The lowest BCUT2D eigenvalue weighted by Crippen LogP contribution is -2.53. The van der Waals surface area contributed by atoms with E-state index in [4.69, 9.17) is 4.74 Å². The number of hydrogen-bond acceptors (Lipinski definition) is 4. The van der Waals surface area contributed by atoms with Crippen LogP contribution in [-0.2, 0) is 27.2 Å². The first-order valence-corrected chi connectivity index (χ1v) is 9.04. The van der Waals surface area contributed by atoms with Gasteiger partial charge in [-0.15, -0.1) is 0 Å². The molecule has 0 fully saturated rings. The molecule has 3 N–H and O–H groups in total. The van der Waals surface area contributed by atoms with Gasteiger partial charge in [-0.2, -0.15) is 0 Å². The van der Waals surface area contributed by atoms with Crippen LogP contribution in [0.5, 0.6) is 0 Å². The number of carboxylic acids is 1. The number of rotatable bonds is 9. The van der Waals surface area contributed by atoms with Crippen molar-refractivity contribution < 1.29 is 24.2 Å². The Hall–Kier alpha value is -3.35.